The molecule has 1 aromatic rings. The first-order valence-corrected chi connectivity index (χ1v) is 5.53. The number of hydrogen-bond donors (Lipinski definition) is 1. The molecule has 1 saturated carbocycles. The molecule has 1 aliphatic carbocycles. The first-order chi connectivity index (χ1) is 6.66. The van der Waals surface area contributed by atoms with Crippen molar-refractivity contribution >= 4 is 21.8 Å². The highest BCUT2D eigenvalue weighted by Gasteiger charge is 2.24. The summed E-state index contributed by atoms with van der Waals surface area (Å²) in [5.41, 5.74) is 1.84. The summed E-state index contributed by atoms with van der Waals surface area (Å²) in [4.78, 5) is 11.7. The number of amides is 1. The van der Waals surface area contributed by atoms with Crippen LogP contribution in [0.25, 0.3) is 0 Å². The van der Waals surface area contributed by atoms with E-state index in [4.69, 9.17) is 0 Å². The molecule has 2 nitrogen and oxygen atoms in total. The average Bonchev–Trinajstić information content (AvgIpc) is 2.93. The monoisotopic (exact) mass is 253 g/mol. The normalized spacial score (nSPS) is 15.3. The van der Waals surface area contributed by atoms with Gasteiger partial charge >= 0.3 is 0 Å². The lowest BCUT2D eigenvalue weighted by atomic mass is 10.1. The van der Waals surface area contributed by atoms with Crippen LogP contribution in [-0.2, 0) is 0 Å². The molecule has 74 valence electrons. The van der Waals surface area contributed by atoms with E-state index in [-0.39, 0.29) is 5.91 Å². The summed E-state index contributed by atoms with van der Waals surface area (Å²) >= 11 is 3.38. The summed E-state index contributed by atoms with van der Waals surface area (Å²) in [5, 5.41) is 2.97. The summed E-state index contributed by atoms with van der Waals surface area (Å²) < 4.78 is 0.862. The second-order valence-corrected chi connectivity index (χ2v) is 4.59. The molecule has 0 aliphatic heterocycles. The van der Waals surface area contributed by atoms with Crippen LogP contribution >= 0.6 is 15.9 Å². The Bertz CT molecular complexity index is 372. The molecule has 2 rings (SSSR count). The first-order valence-electron chi connectivity index (χ1n) is 4.74. The maximum absolute atomic E-state index is 11.7. The van der Waals surface area contributed by atoms with E-state index < -0.39 is 0 Å². The number of halogens is 1. The second kappa shape index (κ2) is 3.73. The number of carbonyl (C=O) groups is 1. The minimum absolute atomic E-state index is 0.0306. The van der Waals surface area contributed by atoms with Crippen molar-refractivity contribution in [1.82, 2.24) is 5.32 Å². The van der Waals surface area contributed by atoms with Gasteiger partial charge in [-0.3, -0.25) is 4.79 Å². The maximum atomic E-state index is 11.7. The van der Waals surface area contributed by atoms with Gasteiger partial charge in [-0.1, -0.05) is 11.6 Å². The van der Waals surface area contributed by atoms with E-state index >= 15 is 0 Å². The van der Waals surface area contributed by atoms with Gasteiger partial charge in [0.1, 0.15) is 0 Å². The lowest BCUT2D eigenvalue weighted by Gasteiger charge is -2.06. The van der Waals surface area contributed by atoms with Crippen LogP contribution in [0, 0.1) is 6.92 Å². The molecule has 14 heavy (non-hydrogen) atoms. The predicted octanol–water partition coefficient (Wildman–Crippen LogP) is 2.65. The van der Waals surface area contributed by atoms with Crippen LogP contribution in [0.2, 0.25) is 0 Å². The molecule has 0 aromatic heterocycles. The third-order valence-electron chi connectivity index (χ3n) is 2.28. The summed E-state index contributed by atoms with van der Waals surface area (Å²) in [5.74, 6) is 0.0306. The molecule has 0 spiro atoms. The van der Waals surface area contributed by atoms with Gasteiger partial charge in [-0.15, -0.1) is 0 Å². The standard InChI is InChI=1S/C11H12BrNO/c1-7-2-5-10(12)9(6-7)11(14)13-8-3-4-8/h2,5-6,8H,3-4H2,1H3,(H,13,14). The summed E-state index contributed by atoms with van der Waals surface area (Å²) in [6.45, 7) is 1.99. The van der Waals surface area contributed by atoms with Crippen molar-refractivity contribution in [1.29, 1.82) is 0 Å². The van der Waals surface area contributed by atoms with Gasteiger partial charge in [0, 0.05) is 10.5 Å². The number of benzene rings is 1. The van der Waals surface area contributed by atoms with Crippen molar-refractivity contribution in [2.45, 2.75) is 25.8 Å². The minimum atomic E-state index is 0.0306. The molecule has 0 saturated heterocycles. The van der Waals surface area contributed by atoms with Crippen molar-refractivity contribution in [3.63, 3.8) is 0 Å². The van der Waals surface area contributed by atoms with E-state index in [0.29, 0.717) is 6.04 Å². The van der Waals surface area contributed by atoms with Crippen LogP contribution in [0.1, 0.15) is 28.8 Å². The van der Waals surface area contributed by atoms with Crippen LogP contribution in [-0.4, -0.2) is 11.9 Å². The summed E-state index contributed by atoms with van der Waals surface area (Å²) in [7, 11) is 0. The largest absolute Gasteiger partial charge is 0.349 e. The second-order valence-electron chi connectivity index (χ2n) is 3.73. The van der Waals surface area contributed by atoms with E-state index in [9.17, 15) is 4.79 Å². The van der Waals surface area contributed by atoms with Crippen LogP contribution < -0.4 is 5.32 Å². The third kappa shape index (κ3) is 2.15. The smallest absolute Gasteiger partial charge is 0.252 e. The first kappa shape index (κ1) is 9.71. The quantitative estimate of drug-likeness (QED) is 0.863. The fourth-order valence-corrected chi connectivity index (χ4v) is 1.73. The van der Waals surface area contributed by atoms with Crippen LogP contribution in [0.3, 0.4) is 0 Å². The van der Waals surface area contributed by atoms with Crippen molar-refractivity contribution in [3.8, 4) is 0 Å². The Balaban J connectivity index is 2.20. The molecule has 1 fully saturated rings. The molecule has 1 aromatic carbocycles. The lowest BCUT2D eigenvalue weighted by Crippen LogP contribution is -2.25. The molecule has 3 heteroatoms. The summed E-state index contributed by atoms with van der Waals surface area (Å²) in [6, 6.07) is 6.21. The van der Waals surface area contributed by atoms with E-state index in [1.54, 1.807) is 0 Å². The van der Waals surface area contributed by atoms with Gasteiger partial charge in [-0.25, -0.2) is 0 Å². The van der Waals surface area contributed by atoms with Gasteiger partial charge in [-0.05, 0) is 47.8 Å². The molecule has 0 heterocycles. The molecule has 0 atom stereocenters. The average molecular weight is 254 g/mol. The Morgan fingerprint density at radius 3 is 2.86 bits per heavy atom. The summed E-state index contributed by atoms with van der Waals surface area (Å²) in [6.07, 6.45) is 2.24. The topological polar surface area (TPSA) is 29.1 Å². The molecular weight excluding hydrogens is 242 g/mol. The van der Waals surface area contributed by atoms with Crippen LogP contribution in [0.15, 0.2) is 22.7 Å². The predicted molar refractivity (Wildman–Crippen MR) is 59.4 cm³/mol. The Morgan fingerprint density at radius 1 is 1.50 bits per heavy atom. The van der Waals surface area contributed by atoms with Crippen molar-refractivity contribution < 1.29 is 4.79 Å². The number of carbonyl (C=O) groups excluding carboxylic acids is 1. The van der Waals surface area contributed by atoms with Crippen LogP contribution in [0.4, 0.5) is 0 Å². The fraction of sp³-hybridized carbons (Fsp3) is 0.364. The van der Waals surface area contributed by atoms with Gasteiger partial charge in [0.15, 0.2) is 0 Å². The molecule has 0 bridgehead atoms. The Morgan fingerprint density at radius 2 is 2.21 bits per heavy atom. The number of rotatable bonds is 2. The number of hydrogen-bond acceptors (Lipinski definition) is 1. The molecule has 1 aliphatic rings. The molecule has 1 N–H and O–H groups in total. The third-order valence-corrected chi connectivity index (χ3v) is 2.97. The SMILES string of the molecule is Cc1ccc(Br)c(C(=O)NC2CC2)c1. The Labute approximate surface area is 91.8 Å². The van der Waals surface area contributed by atoms with Gasteiger partial charge in [-0.2, -0.15) is 0 Å². The number of nitrogens with one attached hydrogen (secondary N) is 1. The lowest BCUT2D eigenvalue weighted by molar-refractivity contribution is 0.0950. The van der Waals surface area contributed by atoms with Crippen LogP contribution in [0.5, 0.6) is 0 Å². The van der Waals surface area contributed by atoms with Gasteiger partial charge in [0.2, 0.25) is 0 Å². The van der Waals surface area contributed by atoms with E-state index in [0.717, 1.165) is 28.4 Å². The zero-order valence-electron chi connectivity index (χ0n) is 8.01. The minimum Gasteiger partial charge on any atom is -0.349 e. The highest BCUT2D eigenvalue weighted by molar-refractivity contribution is 9.10. The van der Waals surface area contributed by atoms with E-state index in [2.05, 4.69) is 21.2 Å². The fourth-order valence-electron chi connectivity index (χ4n) is 1.30. The van der Waals surface area contributed by atoms with E-state index in [1.807, 2.05) is 25.1 Å². The zero-order valence-corrected chi connectivity index (χ0v) is 9.60. The molecule has 0 unspecified atom stereocenters. The van der Waals surface area contributed by atoms with Gasteiger partial charge < -0.3 is 5.32 Å². The van der Waals surface area contributed by atoms with Gasteiger partial charge in [0.25, 0.3) is 5.91 Å². The van der Waals surface area contributed by atoms with Crippen molar-refractivity contribution in [2.75, 3.05) is 0 Å². The molecule has 0 radical (unpaired) electrons. The highest BCUT2D eigenvalue weighted by Crippen LogP contribution is 2.22. The Kier molecular flexibility index (Phi) is 2.59. The number of aryl methyl sites for hydroxylation is 1. The van der Waals surface area contributed by atoms with Crippen molar-refractivity contribution in [3.05, 3.63) is 33.8 Å². The maximum Gasteiger partial charge on any atom is 0.252 e. The molecule has 1 amide bonds. The van der Waals surface area contributed by atoms with Crippen molar-refractivity contribution in [2.24, 2.45) is 0 Å². The molecular formula is C11H12BrNO. The van der Waals surface area contributed by atoms with E-state index in [1.165, 1.54) is 0 Å². The zero-order chi connectivity index (χ0) is 10.1. The highest BCUT2D eigenvalue weighted by atomic mass is 79.9. The van der Waals surface area contributed by atoms with Gasteiger partial charge in [0.05, 0.1) is 5.56 Å². The Hall–Kier alpha value is -0.830.